The van der Waals surface area contributed by atoms with Crippen LogP contribution in [0.1, 0.15) is 17.5 Å². The summed E-state index contributed by atoms with van der Waals surface area (Å²) >= 11 is 0. The summed E-state index contributed by atoms with van der Waals surface area (Å²) in [5.74, 6) is 0.128. The van der Waals surface area contributed by atoms with Crippen LogP contribution in [0.25, 0.3) is 0 Å². The van der Waals surface area contributed by atoms with Crippen molar-refractivity contribution in [3.05, 3.63) is 29.3 Å². The summed E-state index contributed by atoms with van der Waals surface area (Å²) in [7, 11) is -2.95. The first-order valence-corrected chi connectivity index (χ1v) is 7.15. The molecule has 1 aromatic rings. The van der Waals surface area contributed by atoms with Gasteiger partial charge in [-0.25, -0.2) is 8.42 Å². The molecular formula is C11H15NO2S. The third-order valence-electron chi connectivity index (χ3n) is 2.58. The Kier molecular flexibility index (Phi) is 2.69. The lowest BCUT2D eigenvalue weighted by atomic mass is 10.0. The van der Waals surface area contributed by atoms with Crippen LogP contribution in [0.4, 0.5) is 5.69 Å². The Labute approximate surface area is 90.4 Å². The average molecular weight is 225 g/mol. The number of hydrogen-bond donors (Lipinski definition) is 1. The first-order valence-electron chi connectivity index (χ1n) is 5.08. The van der Waals surface area contributed by atoms with E-state index in [4.69, 9.17) is 0 Å². The van der Waals surface area contributed by atoms with Gasteiger partial charge in [-0.1, -0.05) is 18.2 Å². The standard InChI is InChI=1S/C11H15NO2S/c1-15(13,14)8-10-5-2-4-9-6-3-7-12-11(9)10/h2,4-5,12H,3,6-8H2,1H3. The normalized spacial score (nSPS) is 15.5. The molecule has 0 unspecified atom stereocenters. The molecule has 0 aromatic heterocycles. The highest BCUT2D eigenvalue weighted by molar-refractivity contribution is 7.89. The molecule has 4 heteroatoms. The fraction of sp³-hybridized carbons (Fsp3) is 0.455. The highest BCUT2D eigenvalue weighted by Gasteiger charge is 2.14. The van der Waals surface area contributed by atoms with E-state index in [-0.39, 0.29) is 5.75 Å². The van der Waals surface area contributed by atoms with Crippen molar-refractivity contribution in [3.8, 4) is 0 Å². The van der Waals surface area contributed by atoms with Crippen LogP contribution >= 0.6 is 0 Å². The van der Waals surface area contributed by atoms with E-state index in [0.717, 1.165) is 30.6 Å². The van der Waals surface area contributed by atoms with Gasteiger partial charge < -0.3 is 5.32 Å². The first-order chi connectivity index (χ1) is 7.06. The van der Waals surface area contributed by atoms with Crippen molar-refractivity contribution in [2.24, 2.45) is 0 Å². The maximum atomic E-state index is 11.3. The molecular weight excluding hydrogens is 210 g/mol. The number of benzene rings is 1. The monoisotopic (exact) mass is 225 g/mol. The Bertz CT molecular complexity index is 465. The van der Waals surface area contributed by atoms with E-state index in [9.17, 15) is 8.42 Å². The van der Waals surface area contributed by atoms with Crippen LogP contribution in [-0.4, -0.2) is 21.2 Å². The van der Waals surface area contributed by atoms with Crippen LogP contribution in [-0.2, 0) is 22.0 Å². The fourth-order valence-electron chi connectivity index (χ4n) is 1.98. The van der Waals surface area contributed by atoms with E-state index in [1.807, 2.05) is 12.1 Å². The molecule has 1 aliphatic rings. The third kappa shape index (κ3) is 2.50. The summed E-state index contributed by atoms with van der Waals surface area (Å²) in [6, 6.07) is 5.89. The summed E-state index contributed by atoms with van der Waals surface area (Å²) in [5, 5.41) is 3.29. The van der Waals surface area contributed by atoms with E-state index in [1.54, 1.807) is 0 Å². The molecule has 1 heterocycles. The SMILES string of the molecule is CS(=O)(=O)Cc1cccc2c1NCCC2. The number of fused-ring (bicyclic) bond motifs is 1. The van der Waals surface area contributed by atoms with Gasteiger partial charge in [0, 0.05) is 18.5 Å². The minimum absolute atomic E-state index is 0.128. The summed E-state index contributed by atoms with van der Waals surface area (Å²) < 4.78 is 22.5. The molecule has 82 valence electrons. The largest absolute Gasteiger partial charge is 0.385 e. The third-order valence-corrected chi connectivity index (χ3v) is 3.41. The van der Waals surface area contributed by atoms with Crippen LogP contribution < -0.4 is 5.32 Å². The van der Waals surface area contributed by atoms with Gasteiger partial charge in [-0.3, -0.25) is 0 Å². The summed E-state index contributed by atoms with van der Waals surface area (Å²) in [5.41, 5.74) is 3.17. The van der Waals surface area contributed by atoms with E-state index < -0.39 is 9.84 Å². The molecule has 0 saturated carbocycles. The minimum Gasteiger partial charge on any atom is -0.385 e. The van der Waals surface area contributed by atoms with Crippen LogP contribution in [0, 0.1) is 0 Å². The minimum atomic E-state index is -2.95. The van der Waals surface area contributed by atoms with Crippen molar-refractivity contribution in [3.63, 3.8) is 0 Å². The molecule has 0 aliphatic carbocycles. The van der Waals surface area contributed by atoms with Gasteiger partial charge in [0.1, 0.15) is 0 Å². The van der Waals surface area contributed by atoms with Gasteiger partial charge in [0.15, 0.2) is 9.84 Å². The lowest BCUT2D eigenvalue weighted by Gasteiger charge is -2.20. The van der Waals surface area contributed by atoms with Crippen LogP contribution in [0.2, 0.25) is 0 Å². The highest BCUT2D eigenvalue weighted by Crippen LogP contribution is 2.27. The Balaban J connectivity index is 2.39. The number of aryl methyl sites for hydroxylation is 1. The van der Waals surface area contributed by atoms with Gasteiger partial charge in [-0.2, -0.15) is 0 Å². The second kappa shape index (κ2) is 3.85. The fourth-order valence-corrected chi connectivity index (χ4v) is 2.79. The van der Waals surface area contributed by atoms with E-state index >= 15 is 0 Å². The van der Waals surface area contributed by atoms with Crippen molar-refractivity contribution in [1.29, 1.82) is 0 Å². The van der Waals surface area contributed by atoms with Crippen LogP contribution in [0.3, 0.4) is 0 Å². The number of sulfone groups is 1. The number of para-hydroxylation sites is 1. The molecule has 0 spiro atoms. The lowest BCUT2D eigenvalue weighted by Crippen LogP contribution is -2.15. The Morgan fingerprint density at radius 3 is 2.93 bits per heavy atom. The van der Waals surface area contributed by atoms with Gasteiger partial charge in [-0.05, 0) is 24.0 Å². The molecule has 1 N–H and O–H groups in total. The topological polar surface area (TPSA) is 46.2 Å². The zero-order chi connectivity index (χ0) is 10.9. The van der Waals surface area contributed by atoms with Crippen molar-refractivity contribution in [2.75, 3.05) is 18.1 Å². The highest BCUT2D eigenvalue weighted by atomic mass is 32.2. The Morgan fingerprint density at radius 1 is 1.40 bits per heavy atom. The van der Waals surface area contributed by atoms with E-state index in [0.29, 0.717) is 0 Å². The summed E-state index contributed by atoms with van der Waals surface area (Å²) in [6.07, 6.45) is 3.44. The zero-order valence-electron chi connectivity index (χ0n) is 8.79. The molecule has 1 aromatic carbocycles. The van der Waals surface area contributed by atoms with E-state index in [1.165, 1.54) is 11.8 Å². The maximum absolute atomic E-state index is 11.3. The molecule has 0 fully saturated rings. The predicted octanol–water partition coefficient (Wildman–Crippen LogP) is 1.59. The van der Waals surface area contributed by atoms with Gasteiger partial charge in [0.05, 0.1) is 5.75 Å². The lowest BCUT2D eigenvalue weighted by molar-refractivity contribution is 0.601. The van der Waals surface area contributed by atoms with E-state index in [2.05, 4.69) is 11.4 Å². The Hall–Kier alpha value is -1.03. The van der Waals surface area contributed by atoms with Crippen molar-refractivity contribution < 1.29 is 8.42 Å². The molecule has 0 bridgehead atoms. The van der Waals surface area contributed by atoms with Gasteiger partial charge in [0.25, 0.3) is 0 Å². The summed E-state index contributed by atoms with van der Waals surface area (Å²) in [4.78, 5) is 0. The molecule has 3 nitrogen and oxygen atoms in total. The second-order valence-corrected chi connectivity index (χ2v) is 6.19. The van der Waals surface area contributed by atoms with Gasteiger partial charge >= 0.3 is 0 Å². The molecule has 1 aliphatic heterocycles. The van der Waals surface area contributed by atoms with Crippen molar-refractivity contribution >= 4 is 15.5 Å². The second-order valence-electron chi connectivity index (χ2n) is 4.05. The van der Waals surface area contributed by atoms with Crippen LogP contribution in [0.15, 0.2) is 18.2 Å². The molecule has 15 heavy (non-hydrogen) atoms. The van der Waals surface area contributed by atoms with Gasteiger partial charge in [0.2, 0.25) is 0 Å². The first kappa shape index (κ1) is 10.5. The van der Waals surface area contributed by atoms with Crippen molar-refractivity contribution in [1.82, 2.24) is 0 Å². The van der Waals surface area contributed by atoms with Crippen molar-refractivity contribution in [2.45, 2.75) is 18.6 Å². The van der Waals surface area contributed by atoms with Gasteiger partial charge in [-0.15, -0.1) is 0 Å². The molecule has 0 radical (unpaired) electrons. The number of anilines is 1. The smallest absolute Gasteiger partial charge is 0.151 e. The maximum Gasteiger partial charge on any atom is 0.151 e. The average Bonchev–Trinajstić information content (AvgIpc) is 2.16. The number of rotatable bonds is 2. The zero-order valence-corrected chi connectivity index (χ0v) is 9.60. The molecule has 0 saturated heterocycles. The predicted molar refractivity (Wildman–Crippen MR) is 61.8 cm³/mol. The molecule has 0 amide bonds. The summed E-state index contributed by atoms with van der Waals surface area (Å²) in [6.45, 7) is 0.938. The number of hydrogen-bond acceptors (Lipinski definition) is 3. The molecule has 2 rings (SSSR count). The molecule has 0 atom stereocenters. The Morgan fingerprint density at radius 2 is 2.20 bits per heavy atom. The quantitative estimate of drug-likeness (QED) is 0.831. The number of nitrogens with one attached hydrogen (secondary N) is 1. The van der Waals surface area contributed by atoms with Crippen LogP contribution in [0.5, 0.6) is 0 Å².